The van der Waals surface area contributed by atoms with Crippen molar-refractivity contribution < 1.29 is 9.47 Å². The van der Waals surface area contributed by atoms with Gasteiger partial charge in [-0.1, -0.05) is 18.2 Å². The lowest BCUT2D eigenvalue weighted by molar-refractivity contribution is 0.395. The van der Waals surface area contributed by atoms with E-state index in [4.69, 9.17) is 15.2 Å². The van der Waals surface area contributed by atoms with Crippen molar-refractivity contribution in [2.75, 3.05) is 14.2 Å². The Morgan fingerprint density at radius 1 is 1.05 bits per heavy atom. The van der Waals surface area contributed by atoms with E-state index in [0.717, 1.165) is 30.7 Å². The van der Waals surface area contributed by atoms with Gasteiger partial charge < -0.3 is 15.2 Å². The van der Waals surface area contributed by atoms with Gasteiger partial charge in [0.15, 0.2) is 0 Å². The van der Waals surface area contributed by atoms with Crippen LogP contribution in [0.15, 0.2) is 40.9 Å². The van der Waals surface area contributed by atoms with E-state index in [1.807, 2.05) is 36.4 Å². The van der Waals surface area contributed by atoms with E-state index in [9.17, 15) is 0 Å². The molecule has 2 rings (SSSR count). The number of rotatable bonds is 4. The third-order valence-corrected chi connectivity index (χ3v) is 4.68. The normalized spacial score (nSPS) is 12.1. The van der Waals surface area contributed by atoms with Gasteiger partial charge >= 0.3 is 0 Å². The molecule has 0 heterocycles. The summed E-state index contributed by atoms with van der Waals surface area (Å²) in [7, 11) is 3.27. The summed E-state index contributed by atoms with van der Waals surface area (Å²) in [5.74, 6) is 1.48. The van der Waals surface area contributed by atoms with Gasteiger partial charge in [0, 0.05) is 9.13 Å². The first kappa shape index (κ1) is 15.6. The fourth-order valence-corrected chi connectivity index (χ4v) is 3.23. The van der Waals surface area contributed by atoms with Crippen LogP contribution in [0.1, 0.15) is 17.2 Å². The van der Waals surface area contributed by atoms with Gasteiger partial charge in [0.1, 0.15) is 11.5 Å². The van der Waals surface area contributed by atoms with Gasteiger partial charge in [-0.3, -0.25) is 0 Å². The molecule has 0 aliphatic carbocycles. The molecule has 0 saturated carbocycles. The monoisotopic (exact) mass is 447 g/mol. The van der Waals surface area contributed by atoms with E-state index >= 15 is 0 Å². The highest BCUT2D eigenvalue weighted by Gasteiger charge is 2.18. The van der Waals surface area contributed by atoms with Crippen molar-refractivity contribution in [1.82, 2.24) is 0 Å². The highest BCUT2D eigenvalue weighted by Crippen LogP contribution is 2.37. The molecule has 0 spiro atoms. The summed E-state index contributed by atoms with van der Waals surface area (Å²) in [6.45, 7) is 0. The number of halogens is 2. The van der Waals surface area contributed by atoms with E-state index in [2.05, 4.69) is 38.5 Å². The SMILES string of the molecule is COc1cc(C(N)c2ccccc2I)c(OC)cc1Br. The molecule has 106 valence electrons. The largest absolute Gasteiger partial charge is 0.496 e. The zero-order chi connectivity index (χ0) is 14.7. The topological polar surface area (TPSA) is 44.5 Å². The van der Waals surface area contributed by atoms with Crippen molar-refractivity contribution in [3.63, 3.8) is 0 Å². The van der Waals surface area contributed by atoms with Gasteiger partial charge in [-0.2, -0.15) is 0 Å². The molecule has 0 bridgehead atoms. The van der Waals surface area contributed by atoms with Crippen LogP contribution in [-0.2, 0) is 0 Å². The summed E-state index contributed by atoms with van der Waals surface area (Å²) < 4.78 is 12.8. The Hall–Kier alpha value is -0.790. The molecule has 5 heteroatoms. The molecule has 1 unspecified atom stereocenters. The molecule has 20 heavy (non-hydrogen) atoms. The molecule has 0 fully saturated rings. The van der Waals surface area contributed by atoms with Crippen LogP contribution in [0.2, 0.25) is 0 Å². The standard InChI is InChI=1S/C15H15BrINO2/c1-19-13-8-11(16)14(20-2)7-10(13)15(18)9-5-3-4-6-12(9)17/h3-8,15H,18H2,1-2H3. The molecule has 2 N–H and O–H groups in total. The third kappa shape index (κ3) is 3.10. The van der Waals surface area contributed by atoms with Crippen LogP contribution in [-0.4, -0.2) is 14.2 Å². The minimum absolute atomic E-state index is 0.264. The fourth-order valence-electron chi connectivity index (χ4n) is 2.02. The molecule has 3 nitrogen and oxygen atoms in total. The van der Waals surface area contributed by atoms with Crippen LogP contribution in [0.4, 0.5) is 0 Å². The fraction of sp³-hybridized carbons (Fsp3) is 0.200. The molecule has 0 aliphatic heterocycles. The minimum Gasteiger partial charge on any atom is -0.496 e. The first-order valence-corrected chi connectivity index (χ1v) is 7.87. The Bertz CT molecular complexity index is 619. The first-order valence-electron chi connectivity index (χ1n) is 6.00. The zero-order valence-corrected chi connectivity index (χ0v) is 14.9. The second-order valence-corrected chi connectivity index (χ2v) is 6.24. The average molecular weight is 448 g/mol. The first-order chi connectivity index (χ1) is 9.58. The van der Waals surface area contributed by atoms with Crippen molar-refractivity contribution >= 4 is 38.5 Å². The minimum atomic E-state index is -0.264. The van der Waals surface area contributed by atoms with Crippen molar-refractivity contribution in [2.24, 2.45) is 5.73 Å². The maximum Gasteiger partial charge on any atom is 0.133 e. The van der Waals surface area contributed by atoms with E-state index < -0.39 is 0 Å². The lowest BCUT2D eigenvalue weighted by Crippen LogP contribution is -2.14. The highest BCUT2D eigenvalue weighted by molar-refractivity contribution is 14.1. The quantitative estimate of drug-likeness (QED) is 0.717. The van der Waals surface area contributed by atoms with Crippen molar-refractivity contribution in [2.45, 2.75) is 6.04 Å². The number of methoxy groups -OCH3 is 2. The molecule has 0 amide bonds. The predicted octanol–water partition coefficient (Wildman–Crippen LogP) is 4.12. The molecule has 1 atom stereocenters. The summed E-state index contributed by atoms with van der Waals surface area (Å²) in [6.07, 6.45) is 0. The van der Waals surface area contributed by atoms with E-state index in [1.54, 1.807) is 14.2 Å². The number of benzene rings is 2. The van der Waals surface area contributed by atoms with Crippen LogP contribution in [0.25, 0.3) is 0 Å². The zero-order valence-electron chi connectivity index (χ0n) is 11.2. The number of hydrogen-bond donors (Lipinski definition) is 1. The summed E-state index contributed by atoms with van der Waals surface area (Å²) in [5.41, 5.74) is 8.38. The van der Waals surface area contributed by atoms with E-state index in [0.29, 0.717) is 0 Å². The molecular formula is C15H15BrINO2. The van der Waals surface area contributed by atoms with Crippen LogP contribution in [0, 0.1) is 3.57 Å². The second-order valence-electron chi connectivity index (χ2n) is 4.23. The van der Waals surface area contributed by atoms with Crippen molar-refractivity contribution in [3.8, 4) is 11.5 Å². The maximum absolute atomic E-state index is 6.41. The van der Waals surface area contributed by atoms with Crippen molar-refractivity contribution in [3.05, 3.63) is 55.6 Å². The second kappa shape index (κ2) is 6.78. The van der Waals surface area contributed by atoms with Gasteiger partial charge in [0.2, 0.25) is 0 Å². The predicted molar refractivity (Wildman–Crippen MR) is 92.4 cm³/mol. The Morgan fingerprint density at radius 2 is 1.70 bits per heavy atom. The highest BCUT2D eigenvalue weighted by atomic mass is 127. The van der Waals surface area contributed by atoms with Crippen LogP contribution in [0.3, 0.4) is 0 Å². The molecule has 2 aromatic carbocycles. The number of nitrogens with two attached hydrogens (primary N) is 1. The summed E-state index contributed by atoms with van der Waals surface area (Å²) >= 11 is 5.74. The summed E-state index contributed by atoms with van der Waals surface area (Å²) in [6, 6.07) is 11.6. The Kier molecular flexibility index (Phi) is 5.29. The maximum atomic E-state index is 6.41. The molecule has 2 aromatic rings. The molecule has 0 aromatic heterocycles. The third-order valence-electron chi connectivity index (χ3n) is 3.08. The summed E-state index contributed by atoms with van der Waals surface area (Å²) in [4.78, 5) is 0. The van der Waals surface area contributed by atoms with E-state index in [-0.39, 0.29) is 6.04 Å². The number of ether oxygens (including phenoxy) is 2. The molecule has 0 aliphatic rings. The van der Waals surface area contributed by atoms with Gasteiger partial charge in [-0.25, -0.2) is 0 Å². The number of hydrogen-bond acceptors (Lipinski definition) is 3. The van der Waals surface area contributed by atoms with Crippen LogP contribution >= 0.6 is 38.5 Å². The van der Waals surface area contributed by atoms with Crippen LogP contribution in [0.5, 0.6) is 11.5 Å². The average Bonchev–Trinajstić information content (AvgIpc) is 2.46. The van der Waals surface area contributed by atoms with E-state index in [1.165, 1.54) is 0 Å². The molecule has 0 radical (unpaired) electrons. The lowest BCUT2D eigenvalue weighted by atomic mass is 9.98. The van der Waals surface area contributed by atoms with Gasteiger partial charge in [-0.15, -0.1) is 0 Å². The van der Waals surface area contributed by atoms with Gasteiger partial charge in [0.05, 0.1) is 24.7 Å². The lowest BCUT2D eigenvalue weighted by Gasteiger charge is -2.19. The van der Waals surface area contributed by atoms with Gasteiger partial charge in [0.25, 0.3) is 0 Å². The molecule has 0 saturated heterocycles. The van der Waals surface area contributed by atoms with Gasteiger partial charge in [-0.05, 0) is 62.3 Å². The molecular weight excluding hydrogens is 433 g/mol. The van der Waals surface area contributed by atoms with Crippen LogP contribution < -0.4 is 15.2 Å². The Morgan fingerprint density at radius 3 is 2.30 bits per heavy atom. The smallest absolute Gasteiger partial charge is 0.133 e. The summed E-state index contributed by atoms with van der Waals surface area (Å²) in [5, 5.41) is 0. The Labute approximate surface area is 140 Å². The van der Waals surface area contributed by atoms with Crippen molar-refractivity contribution in [1.29, 1.82) is 0 Å². The Balaban J connectivity index is 2.53.